The molecule has 5 rings (SSSR count). The number of hydrogen-bond donors (Lipinski definition) is 1. The fourth-order valence-corrected chi connectivity index (χ4v) is 5.31. The molecular formula is C27H24F2N4O2S. The highest BCUT2D eigenvalue weighted by Crippen LogP contribution is 2.44. The molecule has 0 bridgehead atoms. The molecule has 1 N–H and O–H groups in total. The zero-order chi connectivity index (χ0) is 25.1. The summed E-state index contributed by atoms with van der Waals surface area (Å²) in [5.74, 6) is -1.28. The Labute approximate surface area is 211 Å². The van der Waals surface area contributed by atoms with Crippen molar-refractivity contribution in [2.45, 2.75) is 38.1 Å². The van der Waals surface area contributed by atoms with Crippen LogP contribution in [0.3, 0.4) is 0 Å². The normalized spacial score (nSPS) is 20.2. The second-order valence-electron chi connectivity index (χ2n) is 8.83. The summed E-state index contributed by atoms with van der Waals surface area (Å²) in [5, 5.41) is 11.2. The number of nitrogens with one attached hydrogen (secondary N) is 1. The van der Waals surface area contributed by atoms with Crippen molar-refractivity contribution in [2.75, 3.05) is 5.32 Å². The highest BCUT2D eigenvalue weighted by molar-refractivity contribution is 7.13. The second kappa shape index (κ2) is 10.5. The van der Waals surface area contributed by atoms with Crippen molar-refractivity contribution in [3.05, 3.63) is 88.4 Å². The van der Waals surface area contributed by atoms with Gasteiger partial charge in [-0.3, -0.25) is 9.59 Å². The van der Waals surface area contributed by atoms with Gasteiger partial charge in [-0.1, -0.05) is 24.3 Å². The minimum absolute atomic E-state index is 0.00114. The van der Waals surface area contributed by atoms with Crippen LogP contribution in [0.5, 0.6) is 0 Å². The molecule has 0 spiro atoms. The third kappa shape index (κ3) is 5.26. The lowest BCUT2D eigenvalue weighted by Gasteiger charge is -2.29. The van der Waals surface area contributed by atoms with E-state index in [1.54, 1.807) is 35.8 Å². The molecule has 9 heteroatoms. The largest absolute Gasteiger partial charge is 0.302 e. The van der Waals surface area contributed by atoms with Crippen molar-refractivity contribution in [3.8, 4) is 0 Å². The van der Waals surface area contributed by atoms with E-state index < -0.39 is 0 Å². The van der Waals surface area contributed by atoms with E-state index in [-0.39, 0.29) is 48.3 Å². The summed E-state index contributed by atoms with van der Waals surface area (Å²) in [4.78, 5) is 29.7. The third-order valence-electron chi connectivity index (χ3n) is 6.42. The van der Waals surface area contributed by atoms with Crippen molar-refractivity contribution < 1.29 is 18.4 Å². The monoisotopic (exact) mass is 506 g/mol. The van der Waals surface area contributed by atoms with Crippen LogP contribution in [0.2, 0.25) is 0 Å². The molecule has 0 radical (unpaired) electrons. The van der Waals surface area contributed by atoms with Gasteiger partial charge in [0.2, 0.25) is 11.8 Å². The number of anilines is 1. The second-order valence-corrected chi connectivity index (χ2v) is 9.72. The van der Waals surface area contributed by atoms with Crippen LogP contribution >= 0.6 is 11.3 Å². The van der Waals surface area contributed by atoms with E-state index in [9.17, 15) is 18.4 Å². The van der Waals surface area contributed by atoms with E-state index in [0.717, 1.165) is 41.7 Å². The van der Waals surface area contributed by atoms with Crippen LogP contribution in [0.25, 0.3) is 6.08 Å². The molecule has 2 aliphatic rings. The van der Waals surface area contributed by atoms with Crippen LogP contribution in [-0.2, 0) is 9.59 Å². The van der Waals surface area contributed by atoms with Crippen molar-refractivity contribution >= 4 is 40.1 Å². The lowest BCUT2D eigenvalue weighted by molar-refractivity contribution is -0.135. The number of carbonyl (C=O) groups excluding carboxylic acids is 2. The van der Waals surface area contributed by atoms with E-state index in [2.05, 4.69) is 10.3 Å². The van der Waals surface area contributed by atoms with Gasteiger partial charge in [0.05, 0.1) is 11.8 Å². The number of fused-ring (bicyclic) bond motifs is 1. The predicted molar refractivity (Wildman–Crippen MR) is 135 cm³/mol. The number of thiazole rings is 1. The van der Waals surface area contributed by atoms with E-state index in [4.69, 9.17) is 5.10 Å². The number of rotatable bonds is 6. The van der Waals surface area contributed by atoms with Crippen molar-refractivity contribution in [1.29, 1.82) is 0 Å². The molecule has 1 aliphatic carbocycles. The fourth-order valence-electron chi connectivity index (χ4n) is 4.76. The van der Waals surface area contributed by atoms with Gasteiger partial charge >= 0.3 is 0 Å². The average Bonchev–Trinajstić information content (AvgIpc) is 3.53. The zero-order valence-corrected chi connectivity index (χ0v) is 20.2. The number of allylic oxidation sites excluding steroid dienone is 1. The predicted octanol–water partition coefficient (Wildman–Crippen LogP) is 5.96. The summed E-state index contributed by atoms with van der Waals surface area (Å²) in [6.07, 6.45) is 6.09. The minimum Gasteiger partial charge on any atom is -0.302 e. The Morgan fingerprint density at radius 3 is 2.47 bits per heavy atom. The standard InChI is InChI=1S/C27H24F2N4O2S/c28-20-8-4-17(5-9-20)16-19-2-1-3-22-25(19)32-33(26(22)18-6-10-21(29)11-7-18)24(35)13-12-23(34)31-27-30-14-15-36-27/h4-11,14-16,22,26H,1-3,12-13H2,(H,30,31,34). The molecule has 2 atom stereocenters. The number of carbonyl (C=O) groups is 2. The van der Waals surface area contributed by atoms with E-state index in [1.165, 1.54) is 40.6 Å². The Morgan fingerprint density at radius 2 is 1.78 bits per heavy atom. The Kier molecular flexibility index (Phi) is 6.99. The van der Waals surface area contributed by atoms with Crippen molar-refractivity contribution in [1.82, 2.24) is 9.99 Å². The quantitative estimate of drug-likeness (QED) is 0.448. The summed E-state index contributed by atoms with van der Waals surface area (Å²) in [5.41, 5.74) is 3.47. The van der Waals surface area contributed by atoms with Crippen LogP contribution in [0.1, 0.15) is 49.3 Å². The molecule has 1 aromatic heterocycles. The third-order valence-corrected chi connectivity index (χ3v) is 7.11. The maximum atomic E-state index is 13.7. The summed E-state index contributed by atoms with van der Waals surface area (Å²) >= 11 is 1.31. The molecule has 3 aromatic rings. The lowest BCUT2D eigenvalue weighted by Crippen LogP contribution is -2.32. The topological polar surface area (TPSA) is 74.7 Å². The SMILES string of the molecule is O=C(CCC(=O)N1N=C2C(=Cc3ccc(F)cc3)CCCC2C1c1ccc(F)cc1)Nc1nccs1. The molecule has 2 heterocycles. The molecule has 0 saturated heterocycles. The molecule has 2 aromatic carbocycles. The van der Waals surface area contributed by atoms with Gasteiger partial charge in [0.25, 0.3) is 0 Å². The molecule has 6 nitrogen and oxygen atoms in total. The van der Waals surface area contributed by atoms with Gasteiger partial charge < -0.3 is 5.32 Å². The van der Waals surface area contributed by atoms with Gasteiger partial charge in [0.15, 0.2) is 5.13 Å². The van der Waals surface area contributed by atoms with Crippen LogP contribution in [0.4, 0.5) is 13.9 Å². The highest BCUT2D eigenvalue weighted by atomic mass is 32.1. The first-order valence-corrected chi connectivity index (χ1v) is 12.7. The van der Waals surface area contributed by atoms with Crippen LogP contribution in [0.15, 0.2) is 70.8 Å². The first-order chi connectivity index (χ1) is 17.5. The van der Waals surface area contributed by atoms with Gasteiger partial charge in [-0.05, 0) is 66.3 Å². The molecule has 36 heavy (non-hydrogen) atoms. The Balaban J connectivity index is 1.41. The maximum Gasteiger partial charge on any atom is 0.243 e. The number of amides is 2. The summed E-state index contributed by atoms with van der Waals surface area (Å²) in [6, 6.07) is 12.0. The molecule has 1 saturated carbocycles. The number of nitrogens with zero attached hydrogens (tertiary/aromatic N) is 3. The molecular weight excluding hydrogens is 482 g/mol. The maximum absolute atomic E-state index is 13.7. The number of hydrogen-bond acceptors (Lipinski definition) is 5. The van der Waals surface area contributed by atoms with Gasteiger partial charge in [0.1, 0.15) is 11.6 Å². The zero-order valence-electron chi connectivity index (χ0n) is 19.4. The Morgan fingerprint density at radius 1 is 1.06 bits per heavy atom. The minimum atomic E-state index is -0.382. The molecule has 1 fully saturated rings. The first kappa shape index (κ1) is 24.0. The summed E-state index contributed by atoms with van der Waals surface area (Å²) < 4.78 is 27.0. The fraction of sp³-hybridized carbons (Fsp3) is 0.259. The van der Waals surface area contributed by atoms with Gasteiger partial charge in [0, 0.05) is 30.3 Å². The van der Waals surface area contributed by atoms with Crippen molar-refractivity contribution in [2.24, 2.45) is 11.0 Å². The number of aromatic nitrogens is 1. The number of hydrazone groups is 1. The van der Waals surface area contributed by atoms with Crippen LogP contribution in [-0.4, -0.2) is 27.5 Å². The van der Waals surface area contributed by atoms with Gasteiger partial charge in [-0.25, -0.2) is 18.8 Å². The van der Waals surface area contributed by atoms with E-state index in [0.29, 0.717) is 5.13 Å². The number of benzene rings is 2. The van der Waals surface area contributed by atoms with Crippen molar-refractivity contribution in [3.63, 3.8) is 0 Å². The van der Waals surface area contributed by atoms with E-state index in [1.807, 2.05) is 6.08 Å². The van der Waals surface area contributed by atoms with Gasteiger partial charge in [-0.2, -0.15) is 5.10 Å². The Bertz CT molecular complexity index is 1300. The summed E-state index contributed by atoms with van der Waals surface area (Å²) in [7, 11) is 0. The van der Waals surface area contributed by atoms with Crippen LogP contribution < -0.4 is 5.32 Å². The Hall–Kier alpha value is -3.72. The molecule has 184 valence electrons. The lowest BCUT2D eigenvalue weighted by atomic mass is 9.77. The molecule has 2 unspecified atom stereocenters. The van der Waals surface area contributed by atoms with E-state index >= 15 is 0 Å². The van der Waals surface area contributed by atoms with Gasteiger partial charge in [-0.15, -0.1) is 11.3 Å². The highest BCUT2D eigenvalue weighted by Gasteiger charge is 2.43. The average molecular weight is 507 g/mol. The first-order valence-electron chi connectivity index (χ1n) is 11.8. The van der Waals surface area contributed by atoms with Crippen LogP contribution in [0, 0.1) is 17.6 Å². The molecule has 2 amide bonds. The molecule has 1 aliphatic heterocycles. The smallest absolute Gasteiger partial charge is 0.243 e. The number of halogens is 2. The summed E-state index contributed by atoms with van der Waals surface area (Å²) in [6.45, 7) is 0.